The van der Waals surface area contributed by atoms with Gasteiger partial charge in [-0.2, -0.15) is 13.2 Å². The molecule has 5 rings (SSSR count). The van der Waals surface area contributed by atoms with E-state index in [1.54, 1.807) is 24.3 Å². The van der Waals surface area contributed by atoms with Crippen molar-refractivity contribution in [3.63, 3.8) is 0 Å². The molecule has 0 aromatic heterocycles. The molecule has 8 nitrogen and oxygen atoms in total. The van der Waals surface area contributed by atoms with Gasteiger partial charge in [-0.05, 0) is 77.4 Å². The molecule has 0 aliphatic heterocycles. The zero-order valence-corrected chi connectivity index (χ0v) is 23.5. The Labute approximate surface area is 255 Å². The lowest BCUT2D eigenvalue weighted by molar-refractivity contribution is -0.137. The van der Waals surface area contributed by atoms with Crippen LogP contribution in [0, 0.1) is 0 Å². The van der Waals surface area contributed by atoms with Crippen LogP contribution < -0.4 is 0 Å². The van der Waals surface area contributed by atoms with Gasteiger partial charge in [-0.3, -0.25) is 4.79 Å². The van der Waals surface area contributed by atoms with Crippen LogP contribution in [-0.4, -0.2) is 44.0 Å². The number of hydrogen-bond donors (Lipinski definition) is 3. The smallest absolute Gasteiger partial charge is 0.416 e. The Bertz CT molecular complexity index is 1820. The maximum absolute atomic E-state index is 14.3. The summed E-state index contributed by atoms with van der Waals surface area (Å²) in [6.45, 7) is -0.0611. The Balaban J connectivity index is 1.61. The molecule has 0 spiro atoms. The fourth-order valence-corrected chi connectivity index (χ4v) is 5.74. The van der Waals surface area contributed by atoms with Gasteiger partial charge in [-0.25, -0.2) is 14.4 Å². The van der Waals surface area contributed by atoms with Crippen LogP contribution in [0.15, 0.2) is 84.9 Å². The van der Waals surface area contributed by atoms with E-state index in [0.717, 1.165) is 35.7 Å². The van der Waals surface area contributed by atoms with Gasteiger partial charge in [0.05, 0.1) is 33.9 Å². The van der Waals surface area contributed by atoms with Gasteiger partial charge in [0, 0.05) is 6.54 Å². The standard InChI is InChI=1S/C34H26F3NO7/c35-34(36,37)23-13-11-20(12-14-23)22-8-3-5-19(15-22)18-38(29-10-4-7-21-6-1-2-9-24(21)29)30(39)25-16-27(32(42)43)28(33(44)45)17-26(25)31(40)41/h1-3,5-6,8-9,11-17,29H,4,7,10,18H2,(H,40,41)(H,42,43)(H,44,45). The van der Waals surface area contributed by atoms with Gasteiger partial charge in [0.2, 0.25) is 0 Å². The van der Waals surface area contributed by atoms with Crippen molar-refractivity contribution in [1.82, 2.24) is 4.90 Å². The SMILES string of the molecule is O=C(O)c1cc(C(=O)O)c(C(=O)N(Cc2cccc(-c3ccc(C(F)(F)F)cc3)c2)C2CCCc3ccccc32)cc1C(=O)O. The highest BCUT2D eigenvalue weighted by Crippen LogP contribution is 2.37. The Hall–Kier alpha value is -5.45. The number of carboxylic acid groups (broad SMARTS) is 3. The van der Waals surface area contributed by atoms with E-state index in [1.165, 1.54) is 17.0 Å². The highest BCUT2D eigenvalue weighted by Gasteiger charge is 2.34. The number of carbonyl (C=O) groups excluding carboxylic acids is 1. The molecule has 11 heteroatoms. The quantitative estimate of drug-likeness (QED) is 0.191. The van der Waals surface area contributed by atoms with Crippen LogP contribution in [0.1, 0.15) is 82.6 Å². The molecule has 1 aliphatic carbocycles. The van der Waals surface area contributed by atoms with Gasteiger partial charge >= 0.3 is 24.1 Å². The summed E-state index contributed by atoms with van der Waals surface area (Å²) in [6, 6.07) is 19.9. The number of hydrogen-bond acceptors (Lipinski definition) is 4. The van der Waals surface area contributed by atoms with E-state index in [2.05, 4.69) is 0 Å². The van der Waals surface area contributed by atoms with Crippen molar-refractivity contribution in [3.05, 3.63) is 129 Å². The molecule has 4 aromatic carbocycles. The first kappa shape index (κ1) is 31.0. The summed E-state index contributed by atoms with van der Waals surface area (Å²) in [5.74, 6) is -5.72. The molecule has 230 valence electrons. The van der Waals surface area contributed by atoms with Crippen molar-refractivity contribution in [3.8, 4) is 11.1 Å². The minimum atomic E-state index is -4.49. The summed E-state index contributed by atoms with van der Waals surface area (Å²) >= 11 is 0. The maximum atomic E-state index is 14.3. The van der Waals surface area contributed by atoms with Crippen molar-refractivity contribution in [1.29, 1.82) is 0 Å². The van der Waals surface area contributed by atoms with Gasteiger partial charge in [-0.15, -0.1) is 0 Å². The molecule has 0 saturated carbocycles. The number of amides is 1. The molecule has 0 radical (unpaired) electrons. The van der Waals surface area contributed by atoms with E-state index in [9.17, 15) is 47.7 Å². The zero-order valence-electron chi connectivity index (χ0n) is 23.5. The summed E-state index contributed by atoms with van der Waals surface area (Å²) in [5.41, 5.74) is 0.0862. The van der Waals surface area contributed by atoms with Crippen LogP contribution in [0.2, 0.25) is 0 Å². The minimum absolute atomic E-state index is 0.0611. The van der Waals surface area contributed by atoms with Crippen molar-refractivity contribution >= 4 is 23.8 Å². The third-order valence-electron chi connectivity index (χ3n) is 7.88. The molecule has 0 fully saturated rings. The predicted octanol–water partition coefficient (Wildman–Crippen LogP) is 7.19. The Morgan fingerprint density at radius 1 is 0.711 bits per heavy atom. The first-order valence-corrected chi connectivity index (χ1v) is 13.9. The van der Waals surface area contributed by atoms with E-state index in [4.69, 9.17) is 0 Å². The summed E-state index contributed by atoms with van der Waals surface area (Å²) in [6.07, 6.45) is -2.51. The zero-order chi connectivity index (χ0) is 32.5. The third-order valence-corrected chi connectivity index (χ3v) is 7.88. The van der Waals surface area contributed by atoms with Crippen molar-refractivity contribution in [2.45, 2.75) is 38.0 Å². The van der Waals surface area contributed by atoms with Gasteiger partial charge in [-0.1, -0.05) is 54.6 Å². The molecule has 3 N–H and O–H groups in total. The number of aryl methyl sites for hydroxylation is 1. The molecule has 1 amide bonds. The van der Waals surface area contributed by atoms with E-state index in [1.807, 2.05) is 24.3 Å². The summed E-state index contributed by atoms with van der Waals surface area (Å²) in [4.78, 5) is 51.7. The van der Waals surface area contributed by atoms with E-state index in [-0.39, 0.29) is 6.54 Å². The number of fused-ring (bicyclic) bond motifs is 1. The Kier molecular flexibility index (Phi) is 8.45. The molecule has 0 bridgehead atoms. The van der Waals surface area contributed by atoms with Gasteiger partial charge in [0.15, 0.2) is 0 Å². The Morgan fingerprint density at radius 3 is 1.93 bits per heavy atom. The second-order valence-electron chi connectivity index (χ2n) is 10.7. The number of halogens is 3. The van der Waals surface area contributed by atoms with E-state index >= 15 is 0 Å². The van der Waals surface area contributed by atoms with Crippen LogP contribution in [0.5, 0.6) is 0 Å². The van der Waals surface area contributed by atoms with Crippen LogP contribution in [0.4, 0.5) is 13.2 Å². The number of alkyl halides is 3. The highest BCUT2D eigenvalue weighted by molar-refractivity contribution is 6.10. The number of carbonyl (C=O) groups is 4. The number of nitrogens with zero attached hydrogens (tertiary/aromatic N) is 1. The highest BCUT2D eigenvalue weighted by atomic mass is 19.4. The third kappa shape index (κ3) is 6.42. The van der Waals surface area contributed by atoms with Crippen LogP contribution in [-0.2, 0) is 19.1 Å². The fourth-order valence-electron chi connectivity index (χ4n) is 5.74. The van der Waals surface area contributed by atoms with E-state index in [0.29, 0.717) is 35.6 Å². The molecule has 4 aromatic rings. The van der Waals surface area contributed by atoms with Gasteiger partial charge in [0.25, 0.3) is 5.91 Å². The predicted molar refractivity (Wildman–Crippen MR) is 156 cm³/mol. The first-order valence-electron chi connectivity index (χ1n) is 13.9. The number of benzene rings is 4. The largest absolute Gasteiger partial charge is 0.478 e. The second kappa shape index (κ2) is 12.3. The summed E-state index contributed by atoms with van der Waals surface area (Å²) < 4.78 is 39.3. The Morgan fingerprint density at radius 2 is 1.31 bits per heavy atom. The second-order valence-corrected chi connectivity index (χ2v) is 10.7. The van der Waals surface area contributed by atoms with Gasteiger partial charge in [0.1, 0.15) is 0 Å². The number of carboxylic acids is 3. The molecule has 1 aliphatic rings. The van der Waals surface area contributed by atoms with E-state index < -0.39 is 63.9 Å². The molecular formula is C34H26F3NO7. The number of rotatable bonds is 8. The van der Waals surface area contributed by atoms with Crippen LogP contribution in [0.25, 0.3) is 11.1 Å². The maximum Gasteiger partial charge on any atom is 0.416 e. The fraction of sp³-hybridized carbons (Fsp3) is 0.176. The van der Waals surface area contributed by atoms with Crippen molar-refractivity contribution in [2.75, 3.05) is 0 Å². The lowest BCUT2D eigenvalue weighted by Gasteiger charge is -2.36. The molecule has 0 saturated heterocycles. The van der Waals surface area contributed by atoms with Crippen molar-refractivity contribution < 1.29 is 47.7 Å². The lowest BCUT2D eigenvalue weighted by Crippen LogP contribution is -2.37. The van der Waals surface area contributed by atoms with Gasteiger partial charge < -0.3 is 20.2 Å². The summed E-state index contributed by atoms with van der Waals surface area (Å²) in [7, 11) is 0. The van der Waals surface area contributed by atoms with Crippen LogP contribution in [0.3, 0.4) is 0 Å². The average molecular weight is 618 g/mol. The monoisotopic (exact) mass is 617 g/mol. The van der Waals surface area contributed by atoms with Crippen LogP contribution >= 0.6 is 0 Å². The molecule has 0 heterocycles. The molecular weight excluding hydrogens is 591 g/mol. The first-order chi connectivity index (χ1) is 21.3. The molecule has 1 unspecified atom stereocenters. The number of aromatic carboxylic acids is 3. The average Bonchev–Trinajstić information content (AvgIpc) is 3.02. The summed E-state index contributed by atoms with van der Waals surface area (Å²) in [5, 5.41) is 29.2. The molecule has 1 atom stereocenters. The van der Waals surface area contributed by atoms with Crippen molar-refractivity contribution in [2.24, 2.45) is 0 Å². The molecule has 45 heavy (non-hydrogen) atoms. The minimum Gasteiger partial charge on any atom is -0.478 e. The normalized spacial score (nSPS) is 14.3. The lowest BCUT2D eigenvalue weighted by atomic mass is 9.86. The topological polar surface area (TPSA) is 132 Å².